The Morgan fingerprint density at radius 2 is 1.82 bits per heavy atom. The molecule has 2 heterocycles. The smallest absolute Gasteiger partial charge is 0.0876 e. The molecule has 0 aromatic heterocycles. The van der Waals surface area contributed by atoms with Crippen LogP contribution in [-0.4, -0.2) is 59.3 Å². The number of hydrogen-bond donors (Lipinski definition) is 1. The summed E-state index contributed by atoms with van der Waals surface area (Å²) in [5.41, 5.74) is 3.72. The van der Waals surface area contributed by atoms with Crippen LogP contribution < -0.4 is 0 Å². The Morgan fingerprint density at radius 3 is 2.56 bits per heavy atom. The van der Waals surface area contributed by atoms with Gasteiger partial charge in [-0.25, -0.2) is 0 Å². The lowest BCUT2D eigenvalue weighted by Crippen LogP contribution is -2.55. The first-order valence-corrected chi connectivity index (χ1v) is 12.9. The second-order valence-corrected chi connectivity index (χ2v) is 10.4. The van der Waals surface area contributed by atoms with Gasteiger partial charge >= 0.3 is 0 Å². The molecule has 1 saturated carbocycles. The number of hydrogen-bond acceptors (Lipinski definition) is 4. The predicted molar refractivity (Wildman–Crippen MR) is 138 cm³/mol. The van der Waals surface area contributed by atoms with Crippen LogP contribution in [0.5, 0.6) is 0 Å². The summed E-state index contributed by atoms with van der Waals surface area (Å²) < 4.78 is 6.69. The van der Waals surface area contributed by atoms with E-state index in [0.29, 0.717) is 12.6 Å². The number of aliphatic hydroxyl groups is 1. The highest BCUT2D eigenvalue weighted by atomic mass is 35.5. The van der Waals surface area contributed by atoms with Crippen molar-refractivity contribution in [2.24, 2.45) is 0 Å². The molecule has 2 aliphatic heterocycles. The number of likely N-dealkylation sites (N-methyl/N-ethyl adjacent to an activating group) is 1. The van der Waals surface area contributed by atoms with Gasteiger partial charge in [0.25, 0.3) is 0 Å². The number of likely N-dealkylation sites (tertiary alicyclic amines) is 1. The van der Waals surface area contributed by atoms with Gasteiger partial charge in [-0.1, -0.05) is 66.2 Å². The Kier molecular flexibility index (Phi) is 7.40. The van der Waals surface area contributed by atoms with Crippen LogP contribution in [0.3, 0.4) is 0 Å². The lowest BCUT2D eigenvalue weighted by Gasteiger charge is -2.47. The molecule has 5 heteroatoms. The van der Waals surface area contributed by atoms with Crippen LogP contribution in [0.1, 0.15) is 42.7 Å². The maximum absolute atomic E-state index is 11.3. The third-order valence-electron chi connectivity index (χ3n) is 7.71. The van der Waals surface area contributed by atoms with E-state index < -0.39 is 6.10 Å². The molecule has 2 aromatic rings. The summed E-state index contributed by atoms with van der Waals surface area (Å²) in [5, 5.41) is 12.0. The summed E-state index contributed by atoms with van der Waals surface area (Å²) in [6, 6.07) is 18.8. The van der Waals surface area contributed by atoms with Crippen molar-refractivity contribution in [1.29, 1.82) is 0 Å². The predicted octanol–water partition coefficient (Wildman–Crippen LogP) is 5.38. The molecule has 2 aromatic carbocycles. The van der Waals surface area contributed by atoms with Gasteiger partial charge in [-0.15, -0.1) is 0 Å². The van der Waals surface area contributed by atoms with Crippen molar-refractivity contribution in [1.82, 2.24) is 9.80 Å². The molecule has 2 fully saturated rings. The molecule has 5 atom stereocenters. The highest BCUT2D eigenvalue weighted by Crippen LogP contribution is 2.39. The third kappa shape index (κ3) is 5.11. The van der Waals surface area contributed by atoms with E-state index in [1.165, 1.54) is 24.0 Å². The molecule has 3 aliphatic rings. The van der Waals surface area contributed by atoms with Gasteiger partial charge in [0.2, 0.25) is 0 Å². The second-order valence-electron chi connectivity index (χ2n) is 9.92. The summed E-state index contributed by atoms with van der Waals surface area (Å²) in [4.78, 5) is 4.78. The quantitative estimate of drug-likeness (QED) is 0.604. The van der Waals surface area contributed by atoms with Gasteiger partial charge in [0.1, 0.15) is 0 Å². The summed E-state index contributed by atoms with van der Waals surface area (Å²) in [5.74, 6) is 0.200. The van der Waals surface area contributed by atoms with Crippen molar-refractivity contribution < 1.29 is 9.84 Å². The van der Waals surface area contributed by atoms with Crippen molar-refractivity contribution in [3.05, 3.63) is 94.7 Å². The van der Waals surface area contributed by atoms with Crippen LogP contribution in [0.2, 0.25) is 5.02 Å². The summed E-state index contributed by atoms with van der Waals surface area (Å²) in [6.07, 6.45) is 10.3. The molecular formula is C29H35ClN2O2. The summed E-state index contributed by atoms with van der Waals surface area (Å²) in [6.45, 7) is 2.47. The normalized spacial score (nSPS) is 29.9. The van der Waals surface area contributed by atoms with Gasteiger partial charge < -0.3 is 14.7 Å². The van der Waals surface area contributed by atoms with Crippen LogP contribution in [0, 0.1) is 0 Å². The minimum Gasteiger partial charge on any atom is -0.391 e. The topological polar surface area (TPSA) is 35.9 Å². The number of aliphatic hydroxyl groups excluding tert-OH is 1. The van der Waals surface area contributed by atoms with Crippen molar-refractivity contribution in [2.45, 2.75) is 62.5 Å². The molecule has 1 N–H and O–H groups in total. The zero-order chi connectivity index (χ0) is 23.5. The second kappa shape index (κ2) is 10.7. The standard InChI is InChI=1S/C29H35ClN2O2/c1-31-17-6-10-26(31)23-9-5-18-32(19-23)28-27(33)16-15-25(22-11-13-24(30)14-12-22)29(28)34-20-21-7-3-2-4-8-21/h2-5,7-9,11-14,19,25-29,33H,6,10,15-18,20H2,1H3/t25?,26?,27-,28-,29?/m1/s1. The van der Waals surface area contributed by atoms with Crippen molar-refractivity contribution in [3.8, 4) is 0 Å². The largest absolute Gasteiger partial charge is 0.391 e. The molecule has 1 saturated heterocycles. The monoisotopic (exact) mass is 478 g/mol. The molecule has 0 bridgehead atoms. The van der Waals surface area contributed by atoms with Crippen LogP contribution in [0.15, 0.2) is 78.5 Å². The Bertz CT molecular complexity index is 1010. The van der Waals surface area contributed by atoms with Crippen LogP contribution in [0.4, 0.5) is 0 Å². The molecule has 5 rings (SSSR count). The fraction of sp³-hybridized carbons (Fsp3) is 0.448. The minimum atomic E-state index is -0.436. The Morgan fingerprint density at radius 1 is 1.03 bits per heavy atom. The zero-order valence-electron chi connectivity index (χ0n) is 19.9. The average molecular weight is 479 g/mol. The summed E-state index contributed by atoms with van der Waals surface area (Å²) in [7, 11) is 2.21. The molecule has 0 amide bonds. The summed E-state index contributed by atoms with van der Waals surface area (Å²) >= 11 is 6.19. The molecule has 34 heavy (non-hydrogen) atoms. The molecule has 4 nitrogen and oxygen atoms in total. The van der Waals surface area contributed by atoms with Crippen molar-refractivity contribution in [3.63, 3.8) is 0 Å². The SMILES string of the molecule is CN1CCCC1C1=CN([C@H]2C(OCc3ccccc3)C(c3ccc(Cl)cc3)CC[C@H]2O)CC=C1. The van der Waals surface area contributed by atoms with E-state index in [2.05, 4.69) is 59.5 Å². The lowest BCUT2D eigenvalue weighted by molar-refractivity contribution is -0.0914. The fourth-order valence-corrected chi connectivity index (χ4v) is 6.06. The lowest BCUT2D eigenvalue weighted by atomic mass is 9.76. The van der Waals surface area contributed by atoms with Crippen molar-refractivity contribution in [2.75, 3.05) is 20.1 Å². The van der Waals surface area contributed by atoms with Crippen molar-refractivity contribution >= 4 is 11.6 Å². The maximum atomic E-state index is 11.3. The molecular weight excluding hydrogens is 444 g/mol. The highest BCUT2D eigenvalue weighted by Gasteiger charge is 2.43. The molecule has 180 valence electrons. The molecule has 1 aliphatic carbocycles. The Balaban J connectivity index is 1.45. The van der Waals surface area contributed by atoms with Gasteiger partial charge in [0.05, 0.1) is 24.9 Å². The minimum absolute atomic E-state index is 0.107. The molecule has 0 spiro atoms. The van der Waals surface area contributed by atoms with Gasteiger partial charge in [-0.05, 0) is 68.1 Å². The maximum Gasteiger partial charge on any atom is 0.0876 e. The van der Waals surface area contributed by atoms with E-state index in [1.807, 2.05) is 30.3 Å². The first-order valence-electron chi connectivity index (χ1n) is 12.5. The number of ether oxygens (including phenoxy) is 1. The van der Waals surface area contributed by atoms with Gasteiger partial charge in [0.15, 0.2) is 0 Å². The number of benzene rings is 2. The average Bonchev–Trinajstić information content (AvgIpc) is 3.30. The van der Waals surface area contributed by atoms with E-state index in [1.54, 1.807) is 0 Å². The molecule has 3 unspecified atom stereocenters. The number of rotatable bonds is 6. The highest BCUT2D eigenvalue weighted by molar-refractivity contribution is 6.30. The molecule has 0 radical (unpaired) electrons. The van der Waals surface area contributed by atoms with Crippen LogP contribution in [-0.2, 0) is 11.3 Å². The van der Waals surface area contributed by atoms with Crippen LogP contribution in [0.25, 0.3) is 0 Å². The first kappa shape index (κ1) is 23.6. The van der Waals surface area contributed by atoms with Gasteiger partial charge in [0, 0.05) is 29.7 Å². The Hall–Kier alpha value is -2.11. The Labute approximate surface area is 208 Å². The number of halogens is 1. The van der Waals surface area contributed by atoms with E-state index >= 15 is 0 Å². The number of nitrogens with zero attached hydrogens (tertiary/aromatic N) is 2. The fourth-order valence-electron chi connectivity index (χ4n) is 5.93. The van der Waals surface area contributed by atoms with E-state index in [0.717, 1.165) is 36.5 Å². The first-order chi connectivity index (χ1) is 16.6. The zero-order valence-corrected chi connectivity index (χ0v) is 20.6. The van der Waals surface area contributed by atoms with Gasteiger partial charge in [-0.2, -0.15) is 0 Å². The van der Waals surface area contributed by atoms with E-state index in [-0.39, 0.29) is 18.1 Å². The van der Waals surface area contributed by atoms with E-state index in [9.17, 15) is 5.11 Å². The van der Waals surface area contributed by atoms with E-state index in [4.69, 9.17) is 16.3 Å². The third-order valence-corrected chi connectivity index (χ3v) is 7.97. The van der Waals surface area contributed by atoms with Gasteiger partial charge in [-0.3, -0.25) is 4.90 Å². The van der Waals surface area contributed by atoms with Crippen LogP contribution >= 0.6 is 11.6 Å².